The minimum atomic E-state index is -3.13. The highest BCUT2D eigenvalue weighted by Gasteiger charge is 2.35. The van der Waals surface area contributed by atoms with E-state index in [9.17, 15) is 13.2 Å². The predicted octanol–water partition coefficient (Wildman–Crippen LogP) is 4.05. The summed E-state index contributed by atoms with van der Waals surface area (Å²) in [5.74, 6) is 0.708. The Bertz CT molecular complexity index is 1250. The van der Waals surface area contributed by atoms with Gasteiger partial charge in [-0.05, 0) is 56.2 Å². The van der Waals surface area contributed by atoms with Crippen LogP contribution in [0.5, 0.6) is 5.75 Å². The summed E-state index contributed by atoms with van der Waals surface area (Å²) in [6, 6.07) is 13.3. The number of hydrogen-bond donors (Lipinski definition) is 0. The average molecular weight is 485 g/mol. The lowest BCUT2D eigenvalue weighted by atomic mass is 10.1. The number of anilines is 1. The van der Waals surface area contributed by atoms with Gasteiger partial charge in [-0.2, -0.15) is 0 Å². The monoisotopic (exact) mass is 484 g/mol. The molecule has 1 amide bonds. The molecule has 1 saturated heterocycles. The molecule has 1 atom stereocenters. The SMILES string of the molecule is CCN(CC)c1ccc(CN(C(=O)Cc2coc3ccc(OC)cc23)C2CCS(=O)(=O)C2)cc1. The molecule has 3 aromatic rings. The van der Waals surface area contributed by atoms with Crippen molar-refractivity contribution in [1.82, 2.24) is 4.90 Å². The van der Waals surface area contributed by atoms with Crippen molar-refractivity contribution in [2.24, 2.45) is 0 Å². The number of benzene rings is 2. The molecule has 1 aromatic heterocycles. The van der Waals surface area contributed by atoms with Gasteiger partial charge < -0.3 is 19.0 Å². The zero-order valence-electron chi connectivity index (χ0n) is 20.0. The Kier molecular flexibility index (Phi) is 7.16. The van der Waals surface area contributed by atoms with Crippen molar-refractivity contribution < 1.29 is 22.4 Å². The van der Waals surface area contributed by atoms with Crippen LogP contribution in [0.3, 0.4) is 0 Å². The van der Waals surface area contributed by atoms with Gasteiger partial charge in [-0.3, -0.25) is 4.79 Å². The molecular formula is C26H32N2O5S. The van der Waals surface area contributed by atoms with Crippen molar-refractivity contribution in [2.45, 2.75) is 39.3 Å². The van der Waals surface area contributed by atoms with E-state index in [1.807, 2.05) is 30.3 Å². The third-order valence-corrected chi connectivity index (χ3v) is 8.34. The second-order valence-electron chi connectivity index (χ2n) is 8.72. The molecule has 0 bridgehead atoms. The van der Waals surface area contributed by atoms with Crippen molar-refractivity contribution in [3.8, 4) is 5.75 Å². The number of carbonyl (C=O) groups is 1. The average Bonchev–Trinajstić information content (AvgIpc) is 3.41. The van der Waals surface area contributed by atoms with Gasteiger partial charge in [-0.25, -0.2) is 8.42 Å². The molecule has 0 aliphatic carbocycles. The van der Waals surface area contributed by atoms with Gasteiger partial charge in [0.25, 0.3) is 0 Å². The Hall–Kier alpha value is -3.00. The Balaban J connectivity index is 1.58. The van der Waals surface area contributed by atoms with E-state index in [0.29, 0.717) is 24.3 Å². The number of methoxy groups -OCH3 is 1. The van der Waals surface area contributed by atoms with Crippen LogP contribution in [0.25, 0.3) is 11.0 Å². The number of carbonyl (C=O) groups excluding carboxylic acids is 1. The van der Waals surface area contributed by atoms with Crippen LogP contribution in [0.1, 0.15) is 31.4 Å². The first-order valence-electron chi connectivity index (χ1n) is 11.7. The van der Waals surface area contributed by atoms with Crippen molar-refractivity contribution in [3.63, 3.8) is 0 Å². The quantitative estimate of drug-likeness (QED) is 0.456. The molecular weight excluding hydrogens is 452 g/mol. The molecule has 0 radical (unpaired) electrons. The van der Waals surface area contributed by atoms with E-state index in [1.165, 1.54) is 0 Å². The van der Waals surface area contributed by atoms with E-state index in [1.54, 1.807) is 18.3 Å². The third-order valence-electron chi connectivity index (χ3n) is 6.59. The predicted molar refractivity (Wildman–Crippen MR) is 134 cm³/mol. The number of furan rings is 1. The topological polar surface area (TPSA) is 80.1 Å². The smallest absolute Gasteiger partial charge is 0.227 e. The van der Waals surface area contributed by atoms with Crippen molar-refractivity contribution in [3.05, 3.63) is 59.9 Å². The summed E-state index contributed by atoms with van der Waals surface area (Å²) >= 11 is 0. The van der Waals surface area contributed by atoms with Gasteiger partial charge >= 0.3 is 0 Å². The summed E-state index contributed by atoms with van der Waals surface area (Å²) in [7, 11) is -1.54. The minimum absolute atomic E-state index is 0.0101. The maximum atomic E-state index is 13.5. The van der Waals surface area contributed by atoms with Crippen LogP contribution in [-0.4, -0.2) is 57.0 Å². The molecule has 1 fully saturated rings. The van der Waals surface area contributed by atoms with Crippen LogP contribution < -0.4 is 9.64 Å². The normalized spacial score (nSPS) is 17.1. The van der Waals surface area contributed by atoms with Gasteiger partial charge in [-0.1, -0.05) is 12.1 Å². The Morgan fingerprint density at radius 1 is 1.12 bits per heavy atom. The number of ether oxygens (including phenoxy) is 1. The molecule has 1 aliphatic heterocycles. The fraction of sp³-hybridized carbons (Fsp3) is 0.423. The number of nitrogens with zero attached hydrogens (tertiary/aromatic N) is 2. The van der Waals surface area contributed by atoms with E-state index in [2.05, 4.69) is 30.9 Å². The maximum Gasteiger partial charge on any atom is 0.227 e. The fourth-order valence-electron chi connectivity index (χ4n) is 4.63. The van der Waals surface area contributed by atoms with Crippen molar-refractivity contribution in [1.29, 1.82) is 0 Å². The Morgan fingerprint density at radius 2 is 1.85 bits per heavy atom. The molecule has 0 spiro atoms. The summed E-state index contributed by atoms with van der Waals surface area (Å²) < 4.78 is 35.3. The van der Waals surface area contributed by atoms with Crippen LogP contribution in [-0.2, 0) is 27.6 Å². The molecule has 7 nitrogen and oxygen atoms in total. The molecule has 2 aromatic carbocycles. The van der Waals surface area contributed by atoms with Crippen LogP contribution in [0.4, 0.5) is 5.69 Å². The molecule has 2 heterocycles. The summed E-state index contributed by atoms with van der Waals surface area (Å²) in [5.41, 5.74) is 3.56. The summed E-state index contributed by atoms with van der Waals surface area (Å²) in [4.78, 5) is 17.5. The van der Waals surface area contributed by atoms with E-state index in [0.717, 1.165) is 35.3 Å². The third kappa shape index (κ3) is 5.22. The lowest BCUT2D eigenvalue weighted by Crippen LogP contribution is -2.41. The highest BCUT2D eigenvalue weighted by atomic mass is 32.2. The van der Waals surface area contributed by atoms with Gasteiger partial charge in [-0.15, -0.1) is 0 Å². The van der Waals surface area contributed by atoms with E-state index in [4.69, 9.17) is 9.15 Å². The minimum Gasteiger partial charge on any atom is -0.497 e. The molecule has 8 heteroatoms. The molecule has 4 rings (SSSR count). The summed E-state index contributed by atoms with van der Waals surface area (Å²) in [6.07, 6.45) is 2.20. The van der Waals surface area contributed by atoms with E-state index < -0.39 is 9.84 Å². The molecule has 34 heavy (non-hydrogen) atoms. The molecule has 182 valence electrons. The van der Waals surface area contributed by atoms with Gasteiger partial charge in [0, 0.05) is 42.3 Å². The molecule has 0 saturated carbocycles. The van der Waals surface area contributed by atoms with Crippen LogP contribution >= 0.6 is 0 Å². The number of fused-ring (bicyclic) bond motifs is 1. The first-order valence-corrected chi connectivity index (χ1v) is 13.5. The number of rotatable bonds is 9. The zero-order chi connectivity index (χ0) is 24.3. The number of amides is 1. The highest BCUT2D eigenvalue weighted by molar-refractivity contribution is 7.91. The standard InChI is InChI=1S/C26H32N2O5S/c1-4-27(5-2)21-8-6-19(7-9-21)16-28(22-12-13-34(30,31)18-22)26(29)14-20-17-33-25-11-10-23(32-3)15-24(20)25/h6-11,15,17,22H,4-5,12-14,16,18H2,1-3H3. The van der Waals surface area contributed by atoms with Crippen LogP contribution in [0.2, 0.25) is 0 Å². The zero-order valence-corrected chi connectivity index (χ0v) is 20.8. The fourth-order valence-corrected chi connectivity index (χ4v) is 6.36. The molecule has 1 aliphatic rings. The summed E-state index contributed by atoms with van der Waals surface area (Å²) in [5, 5.41) is 0.829. The van der Waals surface area contributed by atoms with Crippen LogP contribution in [0.15, 0.2) is 53.1 Å². The molecule has 0 N–H and O–H groups in total. The lowest BCUT2D eigenvalue weighted by Gasteiger charge is -2.29. The van der Waals surface area contributed by atoms with Gasteiger partial charge in [0.05, 0.1) is 31.3 Å². The first kappa shape index (κ1) is 24.1. The Morgan fingerprint density at radius 3 is 2.47 bits per heavy atom. The summed E-state index contributed by atoms with van der Waals surface area (Å²) in [6.45, 7) is 6.45. The first-order chi connectivity index (χ1) is 16.3. The van der Waals surface area contributed by atoms with Crippen molar-refractivity contribution in [2.75, 3.05) is 36.6 Å². The second-order valence-corrected chi connectivity index (χ2v) is 10.9. The van der Waals surface area contributed by atoms with Gasteiger partial charge in [0.1, 0.15) is 11.3 Å². The lowest BCUT2D eigenvalue weighted by molar-refractivity contribution is -0.133. The number of hydrogen-bond acceptors (Lipinski definition) is 6. The highest BCUT2D eigenvalue weighted by Crippen LogP contribution is 2.28. The van der Waals surface area contributed by atoms with Gasteiger partial charge in [0.2, 0.25) is 5.91 Å². The Labute approximate surface area is 201 Å². The van der Waals surface area contributed by atoms with E-state index in [-0.39, 0.29) is 29.9 Å². The van der Waals surface area contributed by atoms with E-state index >= 15 is 0 Å². The van der Waals surface area contributed by atoms with Crippen molar-refractivity contribution >= 4 is 32.4 Å². The second kappa shape index (κ2) is 10.1. The number of sulfone groups is 1. The molecule has 1 unspecified atom stereocenters. The largest absolute Gasteiger partial charge is 0.497 e. The van der Waals surface area contributed by atoms with Gasteiger partial charge in [0.15, 0.2) is 9.84 Å². The maximum absolute atomic E-state index is 13.5. The van der Waals surface area contributed by atoms with Crippen LogP contribution in [0, 0.1) is 0 Å².